The second-order valence-corrected chi connectivity index (χ2v) is 8.31. The molecule has 1 heterocycles. The molecule has 1 aliphatic rings. The van der Waals surface area contributed by atoms with Gasteiger partial charge in [0.2, 0.25) is 0 Å². The van der Waals surface area contributed by atoms with Gasteiger partial charge in [-0.3, -0.25) is 4.79 Å². The van der Waals surface area contributed by atoms with Crippen LogP contribution >= 0.6 is 0 Å². The van der Waals surface area contributed by atoms with Gasteiger partial charge in [0.15, 0.2) is 0 Å². The molecule has 0 unspecified atom stereocenters. The average Bonchev–Trinajstić information content (AvgIpc) is 2.97. The van der Waals surface area contributed by atoms with Crippen molar-refractivity contribution in [3.8, 4) is 11.5 Å². The number of hydrogen-bond donors (Lipinski definition) is 0. The van der Waals surface area contributed by atoms with Crippen LogP contribution in [-0.4, -0.2) is 64.0 Å². The summed E-state index contributed by atoms with van der Waals surface area (Å²) in [7, 11) is 0.491. The molecule has 0 bridgehead atoms. The third-order valence-electron chi connectivity index (χ3n) is 4.52. The Kier molecular flexibility index (Phi) is 7.88. The van der Waals surface area contributed by atoms with Gasteiger partial charge in [0.25, 0.3) is 10.2 Å². The van der Waals surface area contributed by atoms with Crippen LogP contribution in [0, 0.1) is 0 Å². The Morgan fingerprint density at radius 2 is 1.56 bits per heavy atom. The summed E-state index contributed by atoms with van der Waals surface area (Å²) in [5, 5.41) is 0. The SMILES string of the molecule is COC(=O)CN(Cc1cc(OC)cc(OC)c1)S(=O)(=O)N1CCCCCC1. The normalized spacial score (nSPS) is 16.0. The lowest BCUT2D eigenvalue weighted by Gasteiger charge is -2.28. The molecular formula is C18H28N2O6S. The van der Waals surface area contributed by atoms with Crippen molar-refractivity contribution in [2.24, 2.45) is 0 Å². The summed E-state index contributed by atoms with van der Waals surface area (Å²) in [6.45, 7) is 0.583. The van der Waals surface area contributed by atoms with Gasteiger partial charge in [-0.05, 0) is 30.5 Å². The summed E-state index contributed by atoms with van der Waals surface area (Å²) in [4.78, 5) is 11.9. The van der Waals surface area contributed by atoms with E-state index in [1.165, 1.54) is 25.6 Å². The molecule has 152 valence electrons. The number of carbonyl (C=O) groups is 1. The van der Waals surface area contributed by atoms with E-state index in [0.29, 0.717) is 30.2 Å². The maximum Gasteiger partial charge on any atom is 0.321 e. The zero-order valence-corrected chi connectivity index (χ0v) is 17.0. The van der Waals surface area contributed by atoms with Crippen LogP contribution < -0.4 is 9.47 Å². The molecule has 0 aromatic heterocycles. The minimum Gasteiger partial charge on any atom is -0.497 e. The van der Waals surface area contributed by atoms with E-state index in [9.17, 15) is 13.2 Å². The van der Waals surface area contributed by atoms with E-state index >= 15 is 0 Å². The van der Waals surface area contributed by atoms with E-state index in [2.05, 4.69) is 0 Å². The molecule has 1 aromatic carbocycles. The van der Waals surface area contributed by atoms with E-state index in [0.717, 1.165) is 30.0 Å². The first-order valence-corrected chi connectivity index (χ1v) is 10.3. The van der Waals surface area contributed by atoms with Gasteiger partial charge in [0.05, 0.1) is 21.3 Å². The lowest BCUT2D eigenvalue weighted by molar-refractivity contribution is -0.140. The highest BCUT2D eigenvalue weighted by Gasteiger charge is 2.32. The smallest absolute Gasteiger partial charge is 0.321 e. The molecule has 1 saturated heterocycles. The molecule has 27 heavy (non-hydrogen) atoms. The number of rotatable bonds is 8. The van der Waals surface area contributed by atoms with Crippen molar-refractivity contribution < 1.29 is 27.4 Å². The van der Waals surface area contributed by atoms with E-state index in [1.807, 2.05) is 0 Å². The van der Waals surface area contributed by atoms with E-state index < -0.39 is 16.2 Å². The van der Waals surface area contributed by atoms with Gasteiger partial charge in [-0.1, -0.05) is 12.8 Å². The number of nitrogens with zero attached hydrogens (tertiary/aromatic N) is 2. The van der Waals surface area contributed by atoms with Gasteiger partial charge in [-0.25, -0.2) is 0 Å². The van der Waals surface area contributed by atoms with Crippen molar-refractivity contribution in [2.75, 3.05) is 41.0 Å². The van der Waals surface area contributed by atoms with Crippen molar-refractivity contribution in [1.82, 2.24) is 8.61 Å². The van der Waals surface area contributed by atoms with E-state index in [4.69, 9.17) is 14.2 Å². The largest absolute Gasteiger partial charge is 0.497 e. The lowest BCUT2D eigenvalue weighted by Crippen LogP contribution is -2.46. The first-order chi connectivity index (χ1) is 12.9. The number of methoxy groups -OCH3 is 3. The van der Waals surface area contributed by atoms with Gasteiger partial charge < -0.3 is 14.2 Å². The second kappa shape index (κ2) is 9.91. The fourth-order valence-corrected chi connectivity index (χ4v) is 4.65. The van der Waals surface area contributed by atoms with Crippen LogP contribution in [0.4, 0.5) is 0 Å². The predicted octanol–water partition coefficient (Wildman–Crippen LogP) is 1.80. The lowest BCUT2D eigenvalue weighted by atomic mass is 10.2. The Hall–Kier alpha value is -1.84. The third kappa shape index (κ3) is 5.82. The molecule has 0 spiro atoms. The Labute approximate surface area is 161 Å². The van der Waals surface area contributed by atoms with Crippen molar-refractivity contribution in [2.45, 2.75) is 32.2 Å². The van der Waals surface area contributed by atoms with Crippen molar-refractivity contribution in [3.05, 3.63) is 23.8 Å². The number of benzene rings is 1. The Morgan fingerprint density at radius 3 is 2.04 bits per heavy atom. The molecule has 0 radical (unpaired) electrons. The van der Waals surface area contributed by atoms with Crippen LogP contribution in [0.15, 0.2) is 18.2 Å². The summed E-state index contributed by atoms with van der Waals surface area (Å²) in [6.07, 6.45) is 3.66. The maximum atomic E-state index is 13.2. The highest BCUT2D eigenvalue weighted by molar-refractivity contribution is 7.86. The fourth-order valence-electron chi connectivity index (χ4n) is 3.02. The summed E-state index contributed by atoms with van der Waals surface area (Å²) < 4.78 is 44.2. The monoisotopic (exact) mass is 400 g/mol. The average molecular weight is 400 g/mol. The van der Waals surface area contributed by atoms with Crippen molar-refractivity contribution in [1.29, 1.82) is 0 Å². The molecule has 0 aliphatic carbocycles. The van der Waals surface area contributed by atoms with Crippen molar-refractivity contribution >= 4 is 16.2 Å². The fraction of sp³-hybridized carbons (Fsp3) is 0.611. The molecule has 0 saturated carbocycles. The Bertz CT molecular complexity index is 707. The Balaban J connectivity index is 2.32. The van der Waals surface area contributed by atoms with Gasteiger partial charge in [0.1, 0.15) is 18.0 Å². The number of ether oxygens (including phenoxy) is 3. The van der Waals surface area contributed by atoms with Crippen LogP contribution in [0.25, 0.3) is 0 Å². The zero-order chi connectivity index (χ0) is 19.9. The second-order valence-electron chi connectivity index (χ2n) is 6.39. The number of esters is 1. The molecule has 1 aromatic rings. The van der Waals surface area contributed by atoms with Gasteiger partial charge in [-0.2, -0.15) is 17.0 Å². The summed E-state index contributed by atoms with van der Waals surface area (Å²) >= 11 is 0. The molecule has 9 heteroatoms. The van der Waals surface area contributed by atoms with Crippen LogP contribution in [0.5, 0.6) is 11.5 Å². The summed E-state index contributed by atoms with van der Waals surface area (Å²) in [5.41, 5.74) is 0.661. The quantitative estimate of drug-likeness (QED) is 0.619. The molecule has 1 aliphatic heterocycles. The van der Waals surface area contributed by atoms with Gasteiger partial charge in [-0.15, -0.1) is 0 Å². The molecule has 2 rings (SSSR count). The van der Waals surface area contributed by atoms with Crippen LogP contribution in [-0.2, 0) is 26.3 Å². The van der Waals surface area contributed by atoms with Crippen LogP contribution in [0.1, 0.15) is 31.2 Å². The molecule has 1 fully saturated rings. The van der Waals surface area contributed by atoms with Crippen molar-refractivity contribution in [3.63, 3.8) is 0 Å². The van der Waals surface area contributed by atoms with Gasteiger partial charge >= 0.3 is 5.97 Å². The molecular weight excluding hydrogens is 372 g/mol. The molecule has 0 N–H and O–H groups in total. The molecule has 0 atom stereocenters. The maximum absolute atomic E-state index is 13.2. The number of carbonyl (C=O) groups excluding carboxylic acids is 1. The zero-order valence-electron chi connectivity index (χ0n) is 16.1. The topological polar surface area (TPSA) is 85.4 Å². The Morgan fingerprint density at radius 1 is 1.00 bits per heavy atom. The first-order valence-electron chi connectivity index (χ1n) is 8.94. The first kappa shape index (κ1) is 21.5. The third-order valence-corrected chi connectivity index (χ3v) is 6.45. The predicted molar refractivity (Wildman–Crippen MR) is 101 cm³/mol. The summed E-state index contributed by atoms with van der Waals surface area (Å²) in [5.74, 6) is 0.493. The highest BCUT2D eigenvalue weighted by atomic mass is 32.2. The van der Waals surface area contributed by atoms with Crippen LogP contribution in [0.2, 0.25) is 0 Å². The summed E-state index contributed by atoms with van der Waals surface area (Å²) in [6, 6.07) is 5.16. The molecule has 0 amide bonds. The van der Waals surface area contributed by atoms with E-state index in [1.54, 1.807) is 18.2 Å². The minimum absolute atomic E-state index is 0.0154. The molecule has 8 nitrogen and oxygen atoms in total. The van der Waals surface area contributed by atoms with Crippen LogP contribution in [0.3, 0.4) is 0 Å². The highest BCUT2D eigenvalue weighted by Crippen LogP contribution is 2.25. The minimum atomic E-state index is -3.81. The standard InChI is InChI=1S/C18H28N2O6S/c1-24-16-10-15(11-17(12-16)25-2)13-20(14-18(21)26-3)27(22,23)19-8-6-4-5-7-9-19/h10-12H,4-9,13-14H2,1-3H3. The number of hydrogen-bond acceptors (Lipinski definition) is 6. The van der Waals surface area contributed by atoms with Gasteiger partial charge in [0, 0.05) is 25.7 Å². The van der Waals surface area contributed by atoms with E-state index in [-0.39, 0.29) is 13.1 Å².